The van der Waals surface area contributed by atoms with Crippen LogP contribution < -0.4 is 5.32 Å². The molecule has 0 saturated heterocycles. The molecule has 1 aromatic heterocycles. The van der Waals surface area contributed by atoms with Gasteiger partial charge in [0.1, 0.15) is 17.6 Å². The van der Waals surface area contributed by atoms with Crippen molar-refractivity contribution in [2.45, 2.75) is 44.6 Å². The topological polar surface area (TPSA) is 62.5 Å². The molecule has 1 aliphatic carbocycles. The third-order valence-electron chi connectivity index (χ3n) is 3.56. The summed E-state index contributed by atoms with van der Waals surface area (Å²) in [7, 11) is 0. The molecule has 1 amide bonds. The van der Waals surface area contributed by atoms with Gasteiger partial charge < -0.3 is 14.8 Å². The fourth-order valence-electron chi connectivity index (χ4n) is 2.08. The van der Waals surface area contributed by atoms with E-state index in [1.165, 1.54) is 0 Å². The van der Waals surface area contributed by atoms with Crippen LogP contribution in [0.2, 0.25) is 0 Å². The normalized spacial score (nSPS) is 22.9. The SMILES string of the molecule is CC1CC1c1ccc(CCC(=O)NCC(O)C(F)F)o1. The average molecular weight is 287 g/mol. The first-order valence-corrected chi connectivity index (χ1v) is 6.79. The molecule has 1 saturated carbocycles. The third-order valence-corrected chi connectivity index (χ3v) is 3.56. The van der Waals surface area contributed by atoms with E-state index in [4.69, 9.17) is 9.52 Å². The number of amides is 1. The second kappa shape index (κ2) is 6.35. The Hall–Kier alpha value is -1.43. The summed E-state index contributed by atoms with van der Waals surface area (Å²) in [6.45, 7) is 1.73. The quantitative estimate of drug-likeness (QED) is 0.807. The van der Waals surface area contributed by atoms with Crippen molar-refractivity contribution in [3.05, 3.63) is 23.7 Å². The number of halogens is 2. The second-order valence-electron chi connectivity index (χ2n) is 5.33. The minimum Gasteiger partial charge on any atom is -0.466 e. The van der Waals surface area contributed by atoms with Crippen LogP contribution in [0.15, 0.2) is 16.5 Å². The predicted molar refractivity (Wildman–Crippen MR) is 68.6 cm³/mol. The van der Waals surface area contributed by atoms with Gasteiger partial charge in [0.05, 0.1) is 0 Å². The van der Waals surface area contributed by atoms with E-state index in [-0.39, 0.29) is 12.3 Å². The minimum atomic E-state index is -2.84. The Morgan fingerprint density at radius 2 is 2.25 bits per heavy atom. The zero-order valence-corrected chi connectivity index (χ0v) is 11.3. The van der Waals surface area contributed by atoms with Crippen LogP contribution in [0.4, 0.5) is 8.78 Å². The number of alkyl halides is 2. The lowest BCUT2D eigenvalue weighted by Gasteiger charge is -2.10. The van der Waals surface area contributed by atoms with E-state index in [1.807, 2.05) is 12.1 Å². The largest absolute Gasteiger partial charge is 0.466 e. The van der Waals surface area contributed by atoms with Crippen LogP contribution in [0.1, 0.15) is 37.2 Å². The van der Waals surface area contributed by atoms with Gasteiger partial charge in [-0.05, 0) is 24.5 Å². The molecule has 3 unspecified atom stereocenters. The molecule has 1 heterocycles. The van der Waals surface area contributed by atoms with Crippen LogP contribution in [-0.2, 0) is 11.2 Å². The maximum Gasteiger partial charge on any atom is 0.265 e. The van der Waals surface area contributed by atoms with Crippen LogP contribution in [0.5, 0.6) is 0 Å². The van der Waals surface area contributed by atoms with Gasteiger partial charge in [-0.3, -0.25) is 4.79 Å². The number of carbonyl (C=O) groups is 1. The maximum absolute atomic E-state index is 12.0. The number of aliphatic hydroxyl groups excluding tert-OH is 1. The summed E-state index contributed by atoms with van der Waals surface area (Å²) in [5.74, 6) is 2.47. The Morgan fingerprint density at radius 3 is 2.85 bits per heavy atom. The van der Waals surface area contributed by atoms with E-state index >= 15 is 0 Å². The van der Waals surface area contributed by atoms with Crippen molar-refractivity contribution < 1.29 is 23.1 Å². The summed E-state index contributed by atoms with van der Waals surface area (Å²) >= 11 is 0. The molecule has 3 atom stereocenters. The first-order valence-electron chi connectivity index (χ1n) is 6.79. The van der Waals surface area contributed by atoms with Gasteiger partial charge in [-0.25, -0.2) is 8.78 Å². The molecular formula is C14H19F2NO3. The minimum absolute atomic E-state index is 0.156. The van der Waals surface area contributed by atoms with Gasteiger partial charge in [-0.2, -0.15) is 0 Å². The molecule has 1 aromatic rings. The highest BCUT2D eigenvalue weighted by molar-refractivity contribution is 5.76. The van der Waals surface area contributed by atoms with E-state index in [1.54, 1.807) is 0 Å². The first-order chi connectivity index (χ1) is 9.47. The molecule has 4 nitrogen and oxygen atoms in total. The summed E-state index contributed by atoms with van der Waals surface area (Å²) < 4.78 is 29.7. The summed E-state index contributed by atoms with van der Waals surface area (Å²) in [5, 5.41) is 11.1. The lowest BCUT2D eigenvalue weighted by atomic mass is 10.2. The molecule has 20 heavy (non-hydrogen) atoms. The molecule has 1 fully saturated rings. The molecule has 2 rings (SSSR count). The summed E-state index contributed by atoms with van der Waals surface area (Å²) in [6.07, 6.45) is -2.94. The molecule has 2 N–H and O–H groups in total. The van der Waals surface area contributed by atoms with E-state index in [9.17, 15) is 13.6 Å². The molecular weight excluding hydrogens is 268 g/mol. The molecule has 0 spiro atoms. The smallest absolute Gasteiger partial charge is 0.265 e. The predicted octanol–water partition coefficient (Wildman–Crippen LogP) is 2.08. The highest BCUT2D eigenvalue weighted by atomic mass is 19.3. The summed E-state index contributed by atoms with van der Waals surface area (Å²) in [6, 6.07) is 3.78. The van der Waals surface area contributed by atoms with Gasteiger partial charge in [0.15, 0.2) is 0 Å². The number of hydrogen-bond donors (Lipinski definition) is 2. The van der Waals surface area contributed by atoms with E-state index < -0.39 is 19.1 Å². The van der Waals surface area contributed by atoms with Crippen molar-refractivity contribution >= 4 is 5.91 Å². The lowest BCUT2D eigenvalue weighted by Crippen LogP contribution is -2.35. The van der Waals surface area contributed by atoms with Gasteiger partial charge in [-0.1, -0.05) is 6.92 Å². The van der Waals surface area contributed by atoms with Gasteiger partial charge >= 0.3 is 0 Å². The summed E-state index contributed by atoms with van der Waals surface area (Å²) in [5.41, 5.74) is 0. The van der Waals surface area contributed by atoms with E-state index in [0.717, 1.165) is 17.9 Å². The van der Waals surface area contributed by atoms with Gasteiger partial charge in [-0.15, -0.1) is 0 Å². The number of aliphatic hydroxyl groups is 1. The Labute approximate surface area is 116 Å². The maximum atomic E-state index is 12.0. The van der Waals surface area contributed by atoms with Crippen LogP contribution >= 0.6 is 0 Å². The monoisotopic (exact) mass is 287 g/mol. The first kappa shape index (κ1) is 15.0. The zero-order chi connectivity index (χ0) is 14.7. The fraction of sp³-hybridized carbons (Fsp3) is 0.643. The van der Waals surface area contributed by atoms with Crippen LogP contribution in [-0.4, -0.2) is 30.1 Å². The molecule has 0 radical (unpaired) electrons. The fourth-order valence-corrected chi connectivity index (χ4v) is 2.08. The summed E-state index contributed by atoms with van der Waals surface area (Å²) in [4.78, 5) is 11.4. The number of hydrogen-bond acceptors (Lipinski definition) is 3. The molecule has 6 heteroatoms. The molecule has 112 valence electrons. The van der Waals surface area contributed by atoms with Crippen LogP contribution in [0.25, 0.3) is 0 Å². The van der Waals surface area contributed by atoms with Crippen LogP contribution in [0, 0.1) is 5.92 Å². The second-order valence-corrected chi connectivity index (χ2v) is 5.33. The molecule has 0 bridgehead atoms. The molecule has 0 aliphatic heterocycles. The van der Waals surface area contributed by atoms with Crippen molar-refractivity contribution in [3.63, 3.8) is 0 Å². The number of aryl methyl sites for hydroxylation is 1. The molecule has 1 aliphatic rings. The van der Waals surface area contributed by atoms with Gasteiger partial charge in [0, 0.05) is 25.3 Å². The van der Waals surface area contributed by atoms with Crippen molar-refractivity contribution in [2.24, 2.45) is 5.92 Å². The standard InChI is InChI=1S/C14H19F2NO3/c1-8-6-10(8)12-4-2-9(20-12)3-5-13(19)17-7-11(18)14(15)16/h2,4,8,10-11,14,18H,3,5-7H2,1H3,(H,17,19). The zero-order valence-electron chi connectivity index (χ0n) is 11.3. The third kappa shape index (κ3) is 4.03. The number of rotatable bonds is 7. The van der Waals surface area contributed by atoms with Crippen LogP contribution in [0.3, 0.4) is 0 Å². The highest BCUT2D eigenvalue weighted by Gasteiger charge is 2.36. The number of carbonyl (C=O) groups excluding carboxylic acids is 1. The van der Waals surface area contributed by atoms with Crippen molar-refractivity contribution in [1.82, 2.24) is 5.32 Å². The van der Waals surface area contributed by atoms with Crippen molar-refractivity contribution in [3.8, 4) is 0 Å². The van der Waals surface area contributed by atoms with E-state index in [0.29, 0.717) is 18.3 Å². The highest BCUT2D eigenvalue weighted by Crippen LogP contribution is 2.47. The van der Waals surface area contributed by atoms with Gasteiger partial charge in [0.2, 0.25) is 5.91 Å². The van der Waals surface area contributed by atoms with E-state index in [2.05, 4.69) is 12.2 Å². The number of furan rings is 1. The Kier molecular flexibility index (Phi) is 4.75. The Morgan fingerprint density at radius 1 is 1.55 bits per heavy atom. The Balaban J connectivity index is 1.69. The van der Waals surface area contributed by atoms with Crippen molar-refractivity contribution in [2.75, 3.05) is 6.54 Å². The molecule has 0 aromatic carbocycles. The van der Waals surface area contributed by atoms with Crippen molar-refractivity contribution in [1.29, 1.82) is 0 Å². The number of nitrogens with one attached hydrogen (secondary N) is 1. The average Bonchev–Trinajstić information content (AvgIpc) is 2.96. The Bertz CT molecular complexity index is 461. The lowest BCUT2D eigenvalue weighted by molar-refractivity contribution is -0.122. The van der Waals surface area contributed by atoms with Gasteiger partial charge in [0.25, 0.3) is 6.43 Å².